The van der Waals surface area contributed by atoms with E-state index >= 15 is 0 Å². The fourth-order valence-electron chi connectivity index (χ4n) is 2.03. The number of hydrogen-bond acceptors (Lipinski definition) is 5. The Kier molecular flexibility index (Phi) is 5.43. The molecule has 0 saturated heterocycles. The van der Waals surface area contributed by atoms with Crippen molar-refractivity contribution in [3.8, 4) is 11.5 Å². The first-order chi connectivity index (χ1) is 9.67. The summed E-state index contributed by atoms with van der Waals surface area (Å²) in [6, 6.07) is 3.57. The van der Waals surface area contributed by atoms with Gasteiger partial charge in [-0.05, 0) is 6.42 Å². The van der Waals surface area contributed by atoms with E-state index in [1.807, 2.05) is 6.07 Å². The van der Waals surface area contributed by atoms with Crippen molar-refractivity contribution in [1.82, 2.24) is 0 Å². The summed E-state index contributed by atoms with van der Waals surface area (Å²) in [4.78, 5) is 4.52. The average molecular weight is 315 g/mol. The predicted octanol–water partition coefficient (Wildman–Crippen LogP) is 4.04. The summed E-state index contributed by atoms with van der Waals surface area (Å²) in [6.07, 6.45) is 2.36. The normalized spacial score (nSPS) is 17.8. The van der Waals surface area contributed by atoms with Gasteiger partial charge < -0.3 is 14.8 Å². The van der Waals surface area contributed by atoms with Crippen molar-refractivity contribution in [3.63, 3.8) is 0 Å². The number of nitrogens with zero attached hydrogens (tertiary/aromatic N) is 1. The summed E-state index contributed by atoms with van der Waals surface area (Å²) in [5, 5.41) is 5.32. The van der Waals surface area contributed by atoms with Gasteiger partial charge in [-0.2, -0.15) is 0 Å². The third kappa shape index (κ3) is 3.52. The van der Waals surface area contributed by atoms with Crippen LogP contribution in [0, 0.1) is 0 Å². The van der Waals surface area contributed by atoms with Crippen LogP contribution in [0.4, 0.5) is 5.69 Å². The van der Waals surface area contributed by atoms with E-state index in [0.29, 0.717) is 21.8 Å². The van der Waals surface area contributed by atoms with Gasteiger partial charge in [0.25, 0.3) is 0 Å². The van der Waals surface area contributed by atoms with Crippen LogP contribution in [0.2, 0.25) is 5.02 Å². The van der Waals surface area contributed by atoms with Gasteiger partial charge in [0.2, 0.25) is 0 Å². The standard InChI is InChI=1S/C14H19ClN2O2S/c1-4-5-9-8-16-14(20-9)17-11-7-12(18-2)10(15)6-13(11)19-3/h6-7,9H,4-5,8H2,1-3H3,(H,16,17). The lowest BCUT2D eigenvalue weighted by Gasteiger charge is -2.14. The fraction of sp³-hybridized carbons (Fsp3) is 0.500. The third-order valence-electron chi connectivity index (χ3n) is 3.04. The molecule has 1 N–H and O–H groups in total. The van der Waals surface area contributed by atoms with Gasteiger partial charge in [-0.3, -0.25) is 4.99 Å². The number of hydrogen-bond donors (Lipinski definition) is 1. The van der Waals surface area contributed by atoms with Crippen LogP contribution in [0.15, 0.2) is 17.1 Å². The van der Waals surface area contributed by atoms with Crippen LogP contribution in [-0.2, 0) is 0 Å². The van der Waals surface area contributed by atoms with Gasteiger partial charge >= 0.3 is 0 Å². The molecule has 0 bridgehead atoms. The Balaban J connectivity index is 2.13. The largest absolute Gasteiger partial charge is 0.495 e. The van der Waals surface area contributed by atoms with Crippen molar-refractivity contribution in [1.29, 1.82) is 0 Å². The van der Waals surface area contributed by atoms with Crippen LogP contribution in [0.5, 0.6) is 11.5 Å². The molecule has 4 nitrogen and oxygen atoms in total. The van der Waals surface area contributed by atoms with Crippen LogP contribution in [0.1, 0.15) is 19.8 Å². The lowest BCUT2D eigenvalue weighted by molar-refractivity contribution is 0.405. The highest BCUT2D eigenvalue weighted by Gasteiger charge is 2.20. The number of aliphatic imine (C=N–C) groups is 1. The molecule has 110 valence electrons. The molecule has 1 heterocycles. The molecule has 2 rings (SSSR count). The molecule has 0 radical (unpaired) electrons. The number of thioether (sulfide) groups is 1. The first kappa shape index (κ1) is 15.3. The monoisotopic (exact) mass is 314 g/mol. The van der Waals surface area contributed by atoms with Crippen LogP contribution in [0.3, 0.4) is 0 Å². The Morgan fingerprint density at radius 2 is 2.10 bits per heavy atom. The van der Waals surface area contributed by atoms with Crippen LogP contribution >= 0.6 is 23.4 Å². The van der Waals surface area contributed by atoms with Crippen molar-refractivity contribution >= 4 is 34.2 Å². The summed E-state index contributed by atoms with van der Waals surface area (Å²) in [5.74, 6) is 1.29. The van der Waals surface area contributed by atoms with Gasteiger partial charge in [0.1, 0.15) is 11.5 Å². The van der Waals surface area contributed by atoms with Gasteiger partial charge in [-0.15, -0.1) is 0 Å². The summed E-state index contributed by atoms with van der Waals surface area (Å²) in [6.45, 7) is 3.06. The minimum Gasteiger partial charge on any atom is -0.495 e. The van der Waals surface area contributed by atoms with E-state index in [1.165, 1.54) is 12.8 Å². The van der Waals surface area contributed by atoms with Gasteiger partial charge in [0.15, 0.2) is 5.17 Å². The molecule has 20 heavy (non-hydrogen) atoms. The summed E-state index contributed by atoms with van der Waals surface area (Å²) < 4.78 is 10.6. The Hall–Kier alpha value is -1.07. The molecule has 0 saturated carbocycles. The van der Waals surface area contributed by atoms with Crippen molar-refractivity contribution in [2.75, 3.05) is 26.1 Å². The zero-order valence-electron chi connectivity index (χ0n) is 11.9. The second-order valence-corrected chi connectivity index (χ2v) is 6.18. The van der Waals surface area contributed by atoms with E-state index in [-0.39, 0.29) is 0 Å². The van der Waals surface area contributed by atoms with Crippen LogP contribution in [-0.4, -0.2) is 31.2 Å². The quantitative estimate of drug-likeness (QED) is 0.890. The maximum absolute atomic E-state index is 6.09. The molecule has 1 atom stereocenters. The van der Waals surface area contributed by atoms with Crippen molar-refractivity contribution in [2.45, 2.75) is 25.0 Å². The minimum atomic E-state index is 0.528. The zero-order chi connectivity index (χ0) is 14.5. The Labute approximate surface area is 128 Å². The zero-order valence-corrected chi connectivity index (χ0v) is 13.5. The van der Waals surface area contributed by atoms with Crippen LogP contribution < -0.4 is 14.8 Å². The number of nitrogens with one attached hydrogen (secondary N) is 1. The Bertz CT molecular complexity index is 508. The number of benzene rings is 1. The Morgan fingerprint density at radius 1 is 1.35 bits per heavy atom. The lowest BCUT2D eigenvalue weighted by atomic mass is 10.2. The molecule has 1 aromatic carbocycles. The van der Waals surface area contributed by atoms with E-state index in [1.54, 1.807) is 32.0 Å². The molecule has 6 heteroatoms. The second-order valence-electron chi connectivity index (χ2n) is 4.49. The van der Waals surface area contributed by atoms with E-state index in [4.69, 9.17) is 21.1 Å². The molecule has 0 aliphatic carbocycles. The molecular formula is C14H19ClN2O2S. The SMILES string of the molecule is CCCC1CN=C(Nc2cc(OC)c(Cl)cc2OC)S1. The van der Waals surface area contributed by atoms with Gasteiger partial charge in [-0.25, -0.2) is 0 Å². The van der Waals surface area contributed by atoms with E-state index in [2.05, 4.69) is 17.2 Å². The van der Waals surface area contributed by atoms with E-state index < -0.39 is 0 Å². The number of ether oxygens (including phenoxy) is 2. The topological polar surface area (TPSA) is 42.9 Å². The van der Waals surface area contributed by atoms with Crippen molar-refractivity contribution in [2.24, 2.45) is 4.99 Å². The van der Waals surface area contributed by atoms with Crippen molar-refractivity contribution in [3.05, 3.63) is 17.2 Å². The van der Waals surface area contributed by atoms with Gasteiger partial charge in [0.05, 0.1) is 31.5 Å². The highest BCUT2D eigenvalue weighted by molar-refractivity contribution is 8.15. The first-order valence-electron chi connectivity index (χ1n) is 6.57. The maximum Gasteiger partial charge on any atom is 0.161 e. The highest BCUT2D eigenvalue weighted by atomic mass is 35.5. The number of amidine groups is 1. The number of rotatable bonds is 5. The summed E-state index contributed by atoms with van der Waals surface area (Å²) in [5.41, 5.74) is 0.817. The highest BCUT2D eigenvalue weighted by Crippen LogP contribution is 2.37. The average Bonchev–Trinajstić information content (AvgIpc) is 2.88. The second kappa shape index (κ2) is 7.09. The molecule has 1 aromatic rings. The lowest BCUT2D eigenvalue weighted by Crippen LogP contribution is -2.08. The van der Waals surface area contributed by atoms with Crippen LogP contribution in [0.25, 0.3) is 0 Å². The predicted molar refractivity (Wildman–Crippen MR) is 86.8 cm³/mol. The van der Waals surface area contributed by atoms with Gasteiger partial charge in [0, 0.05) is 17.4 Å². The minimum absolute atomic E-state index is 0.528. The number of halogens is 1. The molecular weight excluding hydrogens is 296 g/mol. The molecule has 0 aromatic heterocycles. The van der Waals surface area contributed by atoms with Gasteiger partial charge in [-0.1, -0.05) is 36.7 Å². The Morgan fingerprint density at radius 3 is 2.75 bits per heavy atom. The molecule has 1 aliphatic heterocycles. The molecule has 0 fully saturated rings. The summed E-state index contributed by atoms with van der Waals surface area (Å²) >= 11 is 7.87. The molecule has 0 spiro atoms. The smallest absolute Gasteiger partial charge is 0.161 e. The molecule has 1 aliphatic rings. The molecule has 0 amide bonds. The first-order valence-corrected chi connectivity index (χ1v) is 7.83. The summed E-state index contributed by atoms with van der Waals surface area (Å²) in [7, 11) is 3.21. The van der Waals surface area contributed by atoms with Crippen molar-refractivity contribution < 1.29 is 9.47 Å². The number of anilines is 1. The maximum atomic E-state index is 6.09. The molecule has 1 unspecified atom stereocenters. The number of methoxy groups -OCH3 is 2. The third-order valence-corrected chi connectivity index (χ3v) is 4.51. The van der Waals surface area contributed by atoms with E-state index in [0.717, 1.165) is 17.4 Å². The van der Waals surface area contributed by atoms with E-state index in [9.17, 15) is 0 Å². The fourth-order valence-corrected chi connectivity index (χ4v) is 3.40.